The third kappa shape index (κ3) is 2.40. The third-order valence-electron chi connectivity index (χ3n) is 2.21. The Labute approximate surface area is 103 Å². The van der Waals surface area contributed by atoms with Crippen molar-refractivity contribution in [1.82, 2.24) is 14.8 Å². The molecule has 2 aromatic rings. The van der Waals surface area contributed by atoms with Crippen molar-refractivity contribution < 1.29 is 14.3 Å². The number of hydrogen-bond acceptors (Lipinski definition) is 6. The number of nitrogens with two attached hydrogens (primary N) is 1. The SMILES string of the molecule is COC(=O)c1ccc(Oc2ncn(C)n2)c(N)c1. The second-order valence-electron chi connectivity index (χ2n) is 3.55. The van der Waals surface area contributed by atoms with Crippen molar-refractivity contribution in [2.24, 2.45) is 7.05 Å². The van der Waals surface area contributed by atoms with Crippen molar-refractivity contribution in [1.29, 1.82) is 0 Å². The van der Waals surface area contributed by atoms with Gasteiger partial charge < -0.3 is 15.2 Å². The molecule has 18 heavy (non-hydrogen) atoms. The number of aryl methyl sites for hydroxylation is 1. The molecule has 0 radical (unpaired) electrons. The average Bonchev–Trinajstić information content (AvgIpc) is 2.76. The molecule has 0 amide bonds. The lowest BCUT2D eigenvalue weighted by Gasteiger charge is -2.06. The molecular formula is C11H12N4O3. The van der Waals surface area contributed by atoms with Crippen molar-refractivity contribution in [2.45, 2.75) is 0 Å². The summed E-state index contributed by atoms with van der Waals surface area (Å²) in [6.07, 6.45) is 1.51. The summed E-state index contributed by atoms with van der Waals surface area (Å²) in [5.41, 5.74) is 6.44. The Bertz CT molecular complexity index is 579. The Hall–Kier alpha value is -2.57. The molecule has 0 unspecified atom stereocenters. The predicted octanol–water partition coefficient (Wildman–Crippen LogP) is 0.976. The van der Waals surface area contributed by atoms with Crippen molar-refractivity contribution >= 4 is 11.7 Å². The molecule has 2 rings (SSSR count). The van der Waals surface area contributed by atoms with Gasteiger partial charge in [0.25, 0.3) is 0 Å². The van der Waals surface area contributed by atoms with Gasteiger partial charge in [-0.1, -0.05) is 0 Å². The maximum Gasteiger partial charge on any atom is 0.341 e. The summed E-state index contributed by atoms with van der Waals surface area (Å²) in [5, 5.41) is 3.96. The van der Waals surface area contributed by atoms with E-state index in [1.807, 2.05) is 0 Å². The monoisotopic (exact) mass is 248 g/mol. The average molecular weight is 248 g/mol. The Morgan fingerprint density at radius 1 is 1.44 bits per heavy atom. The number of hydrogen-bond donors (Lipinski definition) is 1. The van der Waals surface area contributed by atoms with E-state index in [0.29, 0.717) is 17.0 Å². The summed E-state index contributed by atoms with van der Waals surface area (Å²) < 4.78 is 11.5. The predicted molar refractivity (Wildman–Crippen MR) is 63.3 cm³/mol. The van der Waals surface area contributed by atoms with Gasteiger partial charge in [0.1, 0.15) is 6.33 Å². The topological polar surface area (TPSA) is 92.3 Å². The van der Waals surface area contributed by atoms with E-state index in [1.54, 1.807) is 19.2 Å². The largest absolute Gasteiger partial charge is 0.465 e. The highest BCUT2D eigenvalue weighted by molar-refractivity contribution is 5.90. The van der Waals surface area contributed by atoms with Crippen LogP contribution in [0.4, 0.5) is 5.69 Å². The quantitative estimate of drug-likeness (QED) is 0.642. The molecule has 0 bridgehead atoms. The van der Waals surface area contributed by atoms with Crippen LogP contribution >= 0.6 is 0 Å². The Morgan fingerprint density at radius 3 is 2.78 bits per heavy atom. The maximum atomic E-state index is 11.3. The number of rotatable bonds is 3. The van der Waals surface area contributed by atoms with E-state index in [2.05, 4.69) is 14.8 Å². The van der Waals surface area contributed by atoms with Crippen LogP contribution in [0.1, 0.15) is 10.4 Å². The molecule has 0 aliphatic carbocycles. The lowest BCUT2D eigenvalue weighted by molar-refractivity contribution is 0.0601. The first-order valence-corrected chi connectivity index (χ1v) is 5.11. The summed E-state index contributed by atoms with van der Waals surface area (Å²) in [5.74, 6) is -0.0712. The van der Waals surface area contributed by atoms with Crippen LogP contribution in [0.25, 0.3) is 0 Å². The molecule has 1 heterocycles. The fraction of sp³-hybridized carbons (Fsp3) is 0.182. The molecule has 0 aliphatic rings. The zero-order chi connectivity index (χ0) is 13.1. The van der Waals surface area contributed by atoms with Gasteiger partial charge in [-0.25, -0.2) is 4.79 Å². The highest BCUT2D eigenvalue weighted by atomic mass is 16.5. The standard InChI is InChI=1S/C11H12N4O3/c1-15-6-13-11(14-15)18-9-4-3-7(5-8(9)12)10(16)17-2/h3-6H,12H2,1-2H3. The van der Waals surface area contributed by atoms with Crippen molar-refractivity contribution in [3.8, 4) is 11.8 Å². The minimum absolute atomic E-state index is 0.190. The Balaban J connectivity index is 2.22. The number of aromatic nitrogens is 3. The summed E-state index contributed by atoms with van der Waals surface area (Å²) in [4.78, 5) is 15.2. The fourth-order valence-electron chi connectivity index (χ4n) is 1.35. The maximum absolute atomic E-state index is 11.3. The number of esters is 1. The van der Waals surface area contributed by atoms with Gasteiger partial charge in [-0.2, -0.15) is 4.98 Å². The number of benzene rings is 1. The van der Waals surface area contributed by atoms with Gasteiger partial charge in [0.2, 0.25) is 0 Å². The molecule has 0 saturated carbocycles. The highest BCUT2D eigenvalue weighted by Crippen LogP contribution is 2.26. The first-order valence-electron chi connectivity index (χ1n) is 5.11. The van der Waals surface area contributed by atoms with Crippen molar-refractivity contribution in [3.05, 3.63) is 30.1 Å². The summed E-state index contributed by atoms with van der Waals surface area (Å²) >= 11 is 0. The molecule has 0 saturated heterocycles. The molecule has 0 aliphatic heterocycles. The van der Waals surface area contributed by atoms with Gasteiger partial charge in [-0.05, 0) is 18.2 Å². The van der Waals surface area contributed by atoms with E-state index >= 15 is 0 Å². The van der Waals surface area contributed by atoms with Gasteiger partial charge in [-0.15, -0.1) is 5.10 Å². The second kappa shape index (κ2) is 4.74. The zero-order valence-electron chi connectivity index (χ0n) is 9.95. The summed E-state index contributed by atoms with van der Waals surface area (Å²) in [7, 11) is 3.03. The Kier molecular flexibility index (Phi) is 3.13. The van der Waals surface area contributed by atoms with E-state index in [1.165, 1.54) is 24.2 Å². The van der Waals surface area contributed by atoms with Crippen LogP contribution in [0.3, 0.4) is 0 Å². The molecule has 1 aromatic heterocycles. The first-order chi connectivity index (χ1) is 8.60. The van der Waals surface area contributed by atoms with Gasteiger partial charge in [0, 0.05) is 7.05 Å². The highest BCUT2D eigenvalue weighted by Gasteiger charge is 2.10. The summed E-state index contributed by atoms with van der Waals surface area (Å²) in [6, 6.07) is 4.79. The van der Waals surface area contributed by atoms with Crippen LogP contribution in [0.2, 0.25) is 0 Å². The second-order valence-corrected chi connectivity index (χ2v) is 3.55. The zero-order valence-corrected chi connectivity index (χ0v) is 9.95. The first kappa shape index (κ1) is 11.9. The van der Waals surface area contributed by atoms with Crippen LogP contribution in [0.15, 0.2) is 24.5 Å². The molecule has 7 nitrogen and oxygen atoms in total. The van der Waals surface area contributed by atoms with Crippen molar-refractivity contribution in [2.75, 3.05) is 12.8 Å². The van der Waals surface area contributed by atoms with E-state index in [-0.39, 0.29) is 6.01 Å². The van der Waals surface area contributed by atoms with Gasteiger partial charge in [0.15, 0.2) is 5.75 Å². The van der Waals surface area contributed by atoms with E-state index in [9.17, 15) is 4.79 Å². The molecule has 2 N–H and O–H groups in total. The van der Waals surface area contributed by atoms with Crippen LogP contribution in [0, 0.1) is 0 Å². The van der Waals surface area contributed by atoms with Crippen LogP contribution in [0.5, 0.6) is 11.8 Å². The van der Waals surface area contributed by atoms with Crippen molar-refractivity contribution in [3.63, 3.8) is 0 Å². The lowest BCUT2D eigenvalue weighted by Crippen LogP contribution is -2.03. The number of anilines is 1. The van der Waals surface area contributed by atoms with Crippen LogP contribution in [-0.4, -0.2) is 27.8 Å². The number of methoxy groups -OCH3 is 1. The molecule has 1 aromatic carbocycles. The summed E-state index contributed by atoms with van der Waals surface area (Å²) in [6.45, 7) is 0. The molecular weight excluding hydrogens is 236 g/mol. The van der Waals surface area contributed by atoms with E-state index in [4.69, 9.17) is 10.5 Å². The third-order valence-corrected chi connectivity index (χ3v) is 2.21. The van der Waals surface area contributed by atoms with Gasteiger partial charge >= 0.3 is 12.0 Å². The number of carbonyl (C=O) groups excluding carboxylic acids is 1. The fourth-order valence-corrected chi connectivity index (χ4v) is 1.35. The normalized spacial score (nSPS) is 10.1. The molecule has 0 spiro atoms. The van der Waals surface area contributed by atoms with E-state index < -0.39 is 5.97 Å². The minimum Gasteiger partial charge on any atom is -0.465 e. The lowest BCUT2D eigenvalue weighted by atomic mass is 10.2. The number of nitrogens with zero attached hydrogens (tertiary/aromatic N) is 3. The molecule has 7 heteroatoms. The number of ether oxygens (including phenoxy) is 2. The van der Waals surface area contributed by atoms with E-state index in [0.717, 1.165) is 0 Å². The minimum atomic E-state index is -0.454. The van der Waals surface area contributed by atoms with Gasteiger partial charge in [0.05, 0.1) is 18.4 Å². The van der Waals surface area contributed by atoms with Crippen LogP contribution in [-0.2, 0) is 11.8 Å². The molecule has 94 valence electrons. The number of carbonyl (C=O) groups is 1. The van der Waals surface area contributed by atoms with Crippen LogP contribution < -0.4 is 10.5 Å². The smallest absolute Gasteiger partial charge is 0.341 e. The molecule has 0 atom stereocenters. The molecule has 0 fully saturated rings. The number of nitrogen functional groups attached to an aromatic ring is 1. The van der Waals surface area contributed by atoms with Gasteiger partial charge in [-0.3, -0.25) is 4.68 Å². The Morgan fingerprint density at radius 2 is 2.22 bits per heavy atom.